The van der Waals surface area contributed by atoms with Crippen LogP contribution in [-0.2, 0) is 4.79 Å². The van der Waals surface area contributed by atoms with Gasteiger partial charge in [-0.2, -0.15) is 0 Å². The van der Waals surface area contributed by atoms with Gasteiger partial charge < -0.3 is 40.2 Å². The van der Waals surface area contributed by atoms with Gasteiger partial charge in [-0.05, 0) is 68.4 Å². The summed E-state index contributed by atoms with van der Waals surface area (Å²) in [6.07, 6.45) is 0. The van der Waals surface area contributed by atoms with Crippen molar-refractivity contribution in [3.63, 3.8) is 0 Å². The smallest absolute Gasteiger partial charge is 0.550 e. The number of hydrogen-bond acceptors (Lipinski definition) is 11. The molecule has 0 radical (unpaired) electrons. The molecule has 0 unspecified atom stereocenters. The largest absolute Gasteiger partial charge is 1.00 e. The Labute approximate surface area is 312 Å². The molecule has 0 aromatic heterocycles. The van der Waals surface area contributed by atoms with Crippen LogP contribution in [-0.4, -0.2) is 78.7 Å². The van der Waals surface area contributed by atoms with Crippen LogP contribution in [0, 0.1) is 0 Å². The second-order valence-corrected chi connectivity index (χ2v) is 8.97. The number of carbonyl (C=O) groups is 7. The number of alkyl halides is 1. The minimum absolute atomic E-state index is 0. The first kappa shape index (κ1) is 45.5. The Morgan fingerprint density at radius 3 is 1.53 bits per heavy atom. The Morgan fingerprint density at radius 2 is 1.13 bits per heavy atom. The molecule has 0 amide bonds. The number of aromatic carboxylic acids is 3. The van der Waals surface area contributed by atoms with Crippen molar-refractivity contribution in [2.45, 2.75) is 13.8 Å². The molecule has 0 atom stereocenters. The number of carbonyl (C=O) groups excluding carboxylic acids is 4. The molecule has 14 nitrogen and oxygen atoms in total. The molecular formula is C29H24Br3NaO14. The number of carboxylic acids is 4. The molecule has 3 aromatic rings. The van der Waals surface area contributed by atoms with E-state index in [1.807, 2.05) is 0 Å². The summed E-state index contributed by atoms with van der Waals surface area (Å²) < 4.78 is 5.00. The molecule has 3 aromatic carbocycles. The van der Waals surface area contributed by atoms with Gasteiger partial charge in [-0.25, -0.2) is 14.4 Å². The predicted molar refractivity (Wildman–Crippen MR) is 170 cm³/mol. The maximum Gasteiger partial charge on any atom is 1.00 e. The molecule has 0 spiro atoms. The fourth-order valence-corrected chi connectivity index (χ4v) is 3.45. The number of hydrogen-bond donors (Lipinski definition) is 5. The molecule has 4 rings (SSSR count). The fourth-order valence-electron chi connectivity index (χ4n) is 3.14. The molecule has 0 fully saturated rings. The Morgan fingerprint density at radius 1 is 0.745 bits per heavy atom. The zero-order valence-electron chi connectivity index (χ0n) is 24.7. The molecule has 1 aliphatic rings. The van der Waals surface area contributed by atoms with Crippen molar-refractivity contribution in [1.29, 1.82) is 0 Å². The van der Waals surface area contributed by atoms with Gasteiger partial charge in [0, 0.05) is 34.2 Å². The Balaban J connectivity index is 0. The fraction of sp³-hybridized carbons (Fsp3) is 0.138. The summed E-state index contributed by atoms with van der Waals surface area (Å²) >= 11 is 8.44. The average molecular weight is 859 g/mol. The maximum absolute atomic E-state index is 11.2. The molecule has 1 heterocycles. The van der Waals surface area contributed by atoms with E-state index >= 15 is 0 Å². The number of carboxylic acid groups (broad SMARTS) is 4. The van der Waals surface area contributed by atoms with Gasteiger partial charge in [0.25, 0.3) is 0 Å². The van der Waals surface area contributed by atoms with Gasteiger partial charge in [0.05, 0.1) is 38.7 Å². The van der Waals surface area contributed by atoms with E-state index < -0.39 is 23.9 Å². The van der Waals surface area contributed by atoms with Crippen molar-refractivity contribution in [2.24, 2.45) is 0 Å². The number of fused-ring (bicyclic) bond motifs is 1. The van der Waals surface area contributed by atoms with E-state index in [1.165, 1.54) is 49.4 Å². The summed E-state index contributed by atoms with van der Waals surface area (Å²) in [6.45, 7) is 2.25. The molecule has 0 saturated heterocycles. The standard InChI is InChI=1S/C9H7BrO4.C9H6O4.C9H8O4.C2H4O2.Br2.Na/c10-4-8(12)6-3-5(9(13)14)1-2-7(6)11;10-7-4-13-8-2-1-5(9(11)12)3-6(7)8;1-5(10)7-4-6(9(12)13)2-3-8(7)11;1-2(3)4;1-2;/h1-3,11H,4H2,(H,13,14);1-3H,4H2,(H,11,12);2-4,11H,1H3,(H,12,13);1H3,(H,3,4);;/q;;;;;+1/p-1. The second-order valence-electron chi connectivity index (χ2n) is 8.41. The maximum atomic E-state index is 11.2. The molecular weight excluding hydrogens is 835 g/mol. The summed E-state index contributed by atoms with van der Waals surface area (Å²) in [5.41, 5.74) is 0.481. The Kier molecular flexibility index (Phi) is 22.1. The minimum Gasteiger partial charge on any atom is -0.550 e. The first-order valence-corrected chi connectivity index (χ1v) is 16.9. The zero-order chi connectivity index (χ0) is 35.7. The van der Waals surface area contributed by atoms with E-state index in [1.54, 1.807) is 0 Å². The van der Waals surface area contributed by atoms with Crippen molar-refractivity contribution in [1.82, 2.24) is 0 Å². The Bertz CT molecular complexity index is 1600. The number of ether oxygens (including phenoxy) is 1. The third-order valence-corrected chi connectivity index (χ3v) is 5.68. The minimum atomic E-state index is -1.13. The van der Waals surface area contributed by atoms with E-state index in [0.29, 0.717) is 11.3 Å². The molecule has 1 aliphatic heterocycles. The molecule has 5 N–H and O–H groups in total. The first-order valence-electron chi connectivity index (χ1n) is 12.1. The zero-order valence-corrected chi connectivity index (χ0v) is 31.4. The third-order valence-electron chi connectivity index (χ3n) is 5.17. The Hall–Kier alpha value is -3.61. The monoisotopic (exact) mass is 856 g/mol. The van der Waals surface area contributed by atoms with Gasteiger partial charge in [-0.15, -0.1) is 0 Å². The van der Waals surface area contributed by atoms with E-state index in [9.17, 15) is 39.0 Å². The van der Waals surface area contributed by atoms with Crippen LogP contribution in [0.1, 0.15) is 76.0 Å². The number of phenolic OH excluding ortho intramolecular Hbond substituents is 2. The molecule has 0 saturated carbocycles. The number of rotatable bonds is 6. The van der Waals surface area contributed by atoms with Gasteiger partial charge in [0.15, 0.2) is 18.2 Å². The number of phenols is 2. The average Bonchev–Trinajstić information content (AvgIpc) is 3.38. The first-order chi connectivity index (χ1) is 21.5. The van der Waals surface area contributed by atoms with Crippen LogP contribution in [0.2, 0.25) is 0 Å². The molecule has 47 heavy (non-hydrogen) atoms. The molecule has 246 valence electrons. The van der Waals surface area contributed by atoms with Crippen LogP contribution in [0.3, 0.4) is 0 Å². The van der Waals surface area contributed by atoms with Crippen molar-refractivity contribution < 1.29 is 98.5 Å². The van der Waals surface area contributed by atoms with Crippen LogP contribution >= 0.6 is 44.2 Å². The van der Waals surface area contributed by atoms with Crippen LogP contribution < -0.4 is 39.4 Å². The summed E-state index contributed by atoms with van der Waals surface area (Å²) in [5, 5.41) is 53.3. The van der Waals surface area contributed by atoms with E-state index in [0.717, 1.165) is 19.1 Å². The number of Topliss-reactive ketones (excluding diaryl/α,β-unsaturated/α-hetero) is 3. The predicted octanol–water partition coefficient (Wildman–Crippen LogP) is 1.37. The number of ketones is 3. The van der Waals surface area contributed by atoms with E-state index in [-0.39, 0.29) is 98.2 Å². The van der Waals surface area contributed by atoms with Gasteiger partial charge >= 0.3 is 47.5 Å². The summed E-state index contributed by atoms with van der Waals surface area (Å²) in [6, 6.07) is 11.4. The number of aromatic hydroxyl groups is 2. The van der Waals surface area contributed by atoms with E-state index in [2.05, 4.69) is 44.2 Å². The number of aliphatic carboxylic acids is 1. The number of halogens is 3. The van der Waals surface area contributed by atoms with Gasteiger partial charge in [-0.3, -0.25) is 14.4 Å². The van der Waals surface area contributed by atoms with Crippen molar-refractivity contribution >= 4 is 85.4 Å². The number of benzene rings is 3. The molecule has 18 heteroatoms. The molecule has 0 bridgehead atoms. The quantitative estimate of drug-likeness (QED) is 0.134. The molecule has 0 aliphatic carbocycles. The van der Waals surface area contributed by atoms with Crippen LogP contribution in [0.5, 0.6) is 17.2 Å². The van der Waals surface area contributed by atoms with Crippen LogP contribution in [0.15, 0.2) is 54.6 Å². The summed E-state index contributed by atoms with van der Waals surface area (Å²) in [5.74, 6) is -5.20. The second kappa shape index (κ2) is 22.8. The van der Waals surface area contributed by atoms with Crippen molar-refractivity contribution in [3.8, 4) is 17.2 Å². The SMILES string of the molecule is BrBr.CC(=O)[O-].CC(=O)c1cc(C(=O)O)ccc1O.O=C(O)c1ccc(O)c(C(=O)CBr)c1.O=C(O)c1ccc2c(c1)C(=O)CO2.[Na+]. The topological polar surface area (TPSA) is 253 Å². The summed E-state index contributed by atoms with van der Waals surface area (Å²) in [4.78, 5) is 73.7. The van der Waals surface area contributed by atoms with Crippen molar-refractivity contribution in [2.75, 3.05) is 11.9 Å². The normalized spacial score (nSPS) is 10.0. The third kappa shape index (κ3) is 15.7. The van der Waals surface area contributed by atoms with E-state index in [4.69, 9.17) is 30.0 Å². The van der Waals surface area contributed by atoms with Gasteiger partial charge in [0.2, 0.25) is 5.78 Å². The van der Waals surface area contributed by atoms with Crippen molar-refractivity contribution in [3.05, 3.63) is 88.0 Å². The summed E-state index contributed by atoms with van der Waals surface area (Å²) in [7, 11) is 0. The van der Waals surface area contributed by atoms with Crippen LogP contribution in [0.25, 0.3) is 0 Å². The van der Waals surface area contributed by atoms with Gasteiger partial charge in [-0.1, -0.05) is 15.9 Å². The van der Waals surface area contributed by atoms with Gasteiger partial charge in [0.1, 0.15) is 17.2 Å². The van der Waals surface area contributed by atoms with Crippen LogP contribution in [0.4, 0.5) is 0 Å².